The molecular formula is C17H19N5O2. The van der Waals surface area contributed by atoms with E-state index >= 15 is 0 Å². The van der Waals surface area contributed by atoms with Crippen molar-refractivity contribution in [1.82, 2.24) is 19.5 Å². The lowest BCUT2D eigenvalue weighted by Gasteiger charge is -2.16. The molecule has 0 spiro atoms. The highest BCUT2D eigenvalue weighted by Crippen LogP contribution is 2.25. The van der Waals surface area contributed by atoms with Crippen molar-refractivity contribution in [1.29, 1.82) is 0 Å². The monoisotopic (exact) mass is 325 g/mol. The lowest BCUT2D eigenvalue weighted by atomic mass is 10.1. The molecule has 3 aromatic rings. The third kappa shape index (κ3) is 2.46. The van der Waals surface area contributed by atoms with E-state index in [2.05, 4.69) is 15.0 Å². The highest BCUT2D eigenvalue weighted by molar-refractivity contribution is 5.85. The Hall–Kier alpha value is -2.70. The summed E-state index contributed by atoms with van der Waals surface area (Å²) in [6.07, 6.45) is 6.10. The number of H-pyrrole nitrogens is 1. The Morgan fingerprint density at radius 2 is 1.79 bits per heavy atom. The van der Waals surface area contributed by atoms with Crippen molar-refractivity contribution in [2.75, 3.05) is 5.73 Å². The van der Waals surface area contributed by atoms with Gasteiger partial charge in [-0.3, -0.25) is 14.3 Å². The normalized spacial score (nSPS) is 16.5. The molecule has 4 rings (SSSR count). The molecule has 0 saturated heterocycles. The third-order valence-electron chi connectivity index (χ3n) is 4.74. The van der Waals surface area contributed by atoms with Gasteiger partial charge in [-0.1, -0.05) is 25.7 Å². The molecule has 0 radical (unpaired) electrons. The average Bonchev–Trinajstić information content (AvgIpc) is 2.82. The maximum absolute atomic E-state index is 12.9. The molecule has 1 aliphatic rings. The predicted octanol–water partition coefficient (Wildman–Crippen LogP) is 2.11. The van der Waals surface area contributed by atoms with E-state index < -0.39 is 5.69 Å². The minimum absolute atomic E-state index is 0.0583. The summed E-state index contributed by atoms with van der Waals surface area (Å²) in [4.78, 5) is 36.9. The van der Waals surface area contributed by atoms with Crippen LogP contribution in [0.15, 0.2) is 27.8 Å². The number of nitrogens with one attached hydrogen (secondary N) is 1. The standard InChI is InChI=1S/C17H19N5O2/c18-10-7-8-12-13(9-10)20-15-14(19-12)16(23)22(17(24)21-15)11-5-3-1-2-4-6-11/h7-9,11H,1-6,18H2,(H,20,21,24). The zero-order chi connectivity index (χ0) is 16.7. The lowest BCUT2D eigenvalue weighted by Crippen LogP contribution is -2.38. The second-order valence-corrected chi connectivity index (χ2v) is 6.42. The van der Waals surface area contributed by atoms with E-state index in [4.69, 9.17) is 5.73 Å². The minimum Gasteiger partial charge on any atom is -0.399 e. The molecule has 3 N–H and O–H groups in total. The van der Waals surface area contributed by atoms with Gasteiger partial charge < -0.3 is 5.73 Å². The van der Waals surface area contributed by atoms with E-state index in [0.717, 1.165) is 38.5 Å². The first-order valence-corrected chi connectivity index (χ1v) is 8.35. The van der Waals surface area contributed by atoms with Crippen molar-refractivity contribution < 1.29 is 0 Å². The Balaban J connectivity index is 1.96. The Labute approximate surface area is 137 Å². The first kappa shape index (κ1) is 14.9. The fourth-order valence-electron chi connectivity index (χ4n) is 3.52. The number of nitrogen functional groups attached to an aromatic ring is 1. The molecule has 1 aliphatic carbocycles. The summed E-state index contributed by atoms with van der Waals surface area (Å²) >= 11 is 0. The van der Waals surface area contributed by atoms with Crippen LogP contribution in [0.4, 0.5) is 5.69 Å². The highest BCUT2D eigenvalue weighted by Gasteiger charge is 2.20. The zero-order valence-electron chi connectivity index (χ0n) is 13.3. The maximum Gasteiger partial charge on any atom is 0.330 e. The molecule has 7 heteroatoms. The molecule has 1 fully saturated rings. The highest BCUT2D eigenvalue weighted by atomic mass is 16.2. The van der Waals surface area contributed by atoms with Gasteiger partial charge >= 0.3 is 5.69 Å². The van der Waals surface area contributed by atoms with Crippen LogP contribution >= 0.6 is 0 Å². The number of nitrogens with zero attached hydrogens (tertiary/aromatic N) is 3. The molecule has 124 valence electrons. The summed E-state index contributed by atoms with van der Waals surface area (Å²) in [5.41, 5.74) is 7.13. The fourth-order valence-corrected chi connectivity index (χ4v) is 3.52. The van der Waals surface area contributed by atoms with Crippen LogP contribution in [0.5, 0.6) is 0 Å². The van der Waals surface area contributed by atoms with Gasteiger partial charge in [0.05, 0.1) is 11.0 Å². The van der Waals surface area contributed by atoms with E-state index in [9.17, 15) is 9.59 Å². The van der Waals surface area contributed by atoms with Crippen LogP contribution in [0, 0.1) is 0 Å². The van der Waals surface area contributed by atoms with Gasteiger partial charge in [-0.15, -0.1) is 0 Å². The minimum atomic E-state index is -0.406. The van der Waals surface area contributed by atoms with Crippen molar-refractivity contribution in [3.8, 4) is 0 Å². The summed E-state index contributed by atoms with van der Waals surface area (Å²) < 4.78 is 1.34. The van der Waals surface area contributed by atoms with Crippen LogP contribution in [0.1, 0.15) is 44.6 Å². The number of hydrogen-bond donors (Lipinski definition) is 2. The molecule has 0 bridgehead atoms. The molecule has 0 amide bonds. The molecule has 2 heterocycles. The van der Waals surface area contributed by atoms with Crippen molar-refractivity contribution >= 4 is 27.9 Å². The van der Waals surface area contributed by atoms with E-state index in [1.165, 1.54) is 4.57 Å². The number of rotatable bonds is 1. The van der Waals surface area contributed by atoms with Crippen molar-refractivity contribution in [2.24, 2.45) is 0 Å². The van der Waals surface area contributed by atoms with Gasteiger partial charge in [0.15, 0.2) is 11.2 Å². The first-order valence-electron chi connectivity index (χ1n) is 8.35. The quantitative estimate of drug-likeness (QED) is 0.405. The first-order chi connectivity index (χ1) is 11.6. The molecule has 0 aliphatic heterocycles. The molecule has 0 atom stereocenters. The second-order valence-electron chi connectivity index (χ2n) is 6.42. The summed E-state index contributed by atoms with van der Waals surface area (Å²) in [6.45, 7) is 0. The second kappa shape index (κ2) is 5.74. The van der Waals surface area contributed by atoms with E-state index in [0.29, 0.717) is 16.7 Å². The lowest BCUT2D eigenvalue weighted by molar-refractivity contribution is 0.418. The SMILES string of the molecule is Nc1ccc2nc3c(=O)n(C4CCCCCC4)c(=O)[nH]c3nc2c1. The summed E-state index contributed by atoms with van der Waals surface area (Å²) in [5.74, 6) is 0. The Bertz CT molecular complexity index is 1030. The summed E-state index contributed by atoms with van der Waals surface area (Å²) in [5, 5.41) is 0. The smallest absolute Gasteiger partial charge is 0.330 e. The number of anilines is 1. The van der Waals surface area contributed by atoms with Gasteiger partial charge in [-0.2, -0.15) is 0 Å². The predicted molar refractivity (Wildman–Crippen MR) is 93.1 cm³/mol. The molecule has 1 saturated carbocycles. The van der Waals surface area contributed by atoms with Gasteiger partial charge in [-0.05, 0) is 31.0 Å². The molecule has 2 aromatic heterocycles. The summed E-state index contributed by atoms with van der Waals surface area (Å²) in [7, 11) is 0. The van der Waals surface area contributed by atoms with Crippen LogP contribution in [0.2, 0.25) is 0 Å². The number of hydrogen-bond acceptors (Lipinski definition) is 5. The number of nitrogens with two attached hydrogens (primary N) is 1. The molecule has 7 nitrogen and oxygen atoms in total. The summed E-state index contributed by atoms with van der Waals surface area (Å²) in [6, 6.07) is 5.07. The van der Waals surface area contributed by atoms with Gasteiger partial charge in [0.2, 0.25) is 0 Å². The molecule has 0 unspecified atom stereocenters. The van der Waals surface area contributed by atoms with Crippen LogP contribution in [-0.4, -0.2) is 19.5 Å². The van der Waals surface area contributed by atoms with Crippen molar-refractivity contribution in [3.05, 3.63) is 39.0 Å². The fraction of sp³-hybridized carbons (Fsp3) is 0.412. The Morgan fingerprint density at radius 1 is 1.04 bits per heavy atom. The van der Waals surface area contributed by atoms with Crippen molar-refractivity contribution in [3.63, 3.8) is 0 Å². The molecule has 1 aromatic carbocycles. The van der Waals surface area contributed by atoms with E-state index in [1.54, 1.807) is 18.2 Å². The van der Waals surface area contributed by atoms with Gasteiger partial charge in [0.25, 0.3) is 5.56 Å². The molecular weight excluding hydrogens is 306 g/mol. The van der Waals surface area contributed by atoms with Crippen LogP contribution in [0.3, 0.4) is 0 Å². The number of benzene rings is 1. The van der Waals surface area contributed by atoms with E-state index in [-0.39, 0.29) is 22.8 Å². The topological polar surface area (TPSA) is 107 Å². The van der Waals surface area contributed by atoms with E-state index in [1.807, 2.05) is 0 Å². The third-order valence-corrected chi connectivity index (χ3v) is 4.74. The number of aromatic amines is 1. The van der Waals surface area contributed by atoms with Crippen LogP contribution in [0.25, 0.3) is 22.2 Å². The van der Waals surface area contributed by atoms with Gasteiger partial charge in [-0.25, -0.2) is 14.8 Å². The van der Waals surface area contributed by atoms with Gasteiger partial charge in [0.1, 0.15) is 0 Å². The maximum atomic E-state index is 12.9. The van der Waals surface area contributed by atoms with Crippen LogP contribution < -0.4 is 17.0 Å². The average molecular weight is 325 g/mol. The number of fused-ring (bicyclic) bond motifs is 2. The molecule has 24 heavy (non-hydrogen) atoms. The van der Waals surface area contributed by atoms with Crippen molar-refractivity contribution in [2.45, 2.75) is 44.6 Å². The Kier molecular flexibility index (Phi) is 3.55. The number of aromatic nitrogens is 4. The Morgan fingerprint density at radius 3 is 2.54 bits per heavy atom. The van der Waals surface area contributed by atoms with Crippen LogP contribution in [-0.2, 0) is 0 Å². The largest absolute Gasteiger partial charge is 0.399 e. The van der Waals surface area contributed by atoms with Gasteiger partial charge in [0, 0.05) is 11.7 Å². The zero-order valence-corrected chi connectivity index (χ0v) is 13.3.